The molecule has 0 radical (unpaired) electrons. The van der Waals surface area contributed by atoms with E-state index in [9.17, 15) is 14.9 Å². The van der Waals surface area contributed by atoms with Gasteiger partial charge < -0.3 is 9.80 Å². The Bertz CT molecular complexity index is 900. The highest BCUT2D eigenvalue weighted by Gasteiger charge is 2.39. The molecule has 25 heavy (non-hydrogen) atoms. The minimum absolute atomic E-state index is 0.00441. The molecule has 0 bridgehead atoms. The number of nitriles is 1. The summed E-state index contributed by atoms with van der Waals surface area (Å²) in [7, 11) is 0. The standard InChI is InChI=1S/C20H17N3O2/c21-12-15-6-2-4-8-18(15)23-13-16(11-19(23)24)20(25)22-10-9-14-5-1-3-7-17(14)22/h1-8,16H,9-11,13H2. The Kier molecular flexibility index (Phi) is 3.73. The molecule has 2 aromatic rings. The number of fused-ring (bicyclic) bond motifs is 1. The highest BCUT2D eigenvalue weighted by atomic mass is 16.2. The van der Waals surface area contributed by atoms with E-state index in [0.717, 1.165) is 12.1 Å². The van der Waals surface area contributed by atoms with Crippen molar-refractivity contribution in [3.8, 4) is 6.07 Å². The second-order valence-corrected chi connectivity index (χ2v) is 6.40. The van der Waals surface area contributed by atoms with Crippen LogP contribution in [0.25, 0.3) is 0 Å². The second-order valence-electron chi connectivity index (χ2n) is 6.40. The van der Waals surface area contributed by atoms with Crippen molar-refractivity contribution in [3.63, 3.8) is 0 Å². The molecule has 2 aliphatic rings. The van der Waals surface area contributed by atoms with E-state index in [1.165, 1.54) is 5.56 Å². The number of rotatable bonds is 2. The minimum atomic E-state index is -0.370. The van der Waals surface area contributed by atoms with Crippen LogP contribution < -0.4 is 9.80 Å². The summed E-state index contributed by atoms with van der Waals surface area (Å²) in [6.45, 7) is 0.993. The third kappa shape index (κ3) is 2.56. The van der Waals surface area contributed by atoms with E-state index in [0.29, 0.717) is 24.3 Å². The van der Waals surface area contributed by atoms with Crippen LogP contribution in [0.2, 0.25) is 0 Å². The van der Waals surface area contributed by atoms with Crippen molar-refractivity contribution >= 4 is 23.2 Å². The van der Waals surface area contributed by atoms with Gasteiger partial charge in [-0.05, 0) is 30.2 Å². The maximum Gasteiger partial charge on any atom is 0.232 e. The quantitative estimate of drug-likeness (QED) is 0.849. The van der Waals surface area contributed by atoms with Crippen molar-refractivity contribution in [1.82, 2.24) is 0 Å². The zero-order chi connectivity index (χ0) is 17.4. The third-order valence-corrected chi connectivity index (χ3v) is 4.94. The Morgan fingerprint density at radius 3 is 2.60 bits per heavy atom. The number of para-hydroxylation sites is 2. The molecule has 5 heteroatoms. The highest BCUT2D eigenvalue weighted by molar-refractivity contribution is 6.05. The Morgan fingerprint density at radius 2 is 1.80 bits per heavy atom. The molecule has 0 spiro atoms. The SMILES string of the molecule is N#Cc1ccccc1N1CC(C(=O)N2CCc3ccccc32)CC1=O. The maximum absolute atomic E-state index is 13.0. The fourth-order valence-corrected chi connectivity index (χ4v) is 3.70. The molecular formula is C20H17N3O2. The van der Waals surface area contributed by atoms with Gasteiger partial charge in [-0.3, -0.25) is 9.59 Å². The highest BCUT2D eigenvalue weighted by Crippen LogP contribution is 2.33. The van der Waals surface area contributed by atoms with Crippen LogP contribution in [0.15, 0.2) is 48.5 Å². The number of nitrogens with zero attached hydrogens (tertiary/aromatic N) is 3. The van der Waals surface area contributed by atoms with E-state index < -0.39 is 0 Å². The van der Waals surface area contributed by atoms with Crippen LogP contribution in [0, 0.1) is 17.2 Å². The molecule has 0 saturated carbocycles. The maximum atomic E-state index is 13.0. The second kappa shape index (κ2) is 6.06. The largest absolute Gasteiger partial charge is 0.312 e. The van der Waals surface area contributed by atoms with Crippen molar-refractivity contribution < 1.29 is 9.59 Å². The first-order valence-corrected chi connectivity index (χ1v) is 8.38. The monoisotopic (exact) mass is 331 g/mol. The van der Waals surface area contributed by atoms with Crippen LogP contribution in [0.4, 0.5) is 11.4 Å². The first-order chi connectivity index (χ1) is 12.2. The molecule has 0 N–H and O–H groups in total. The topological polar surface area (TPSA) is 64.4 Å². The Hall–Kier alpha value is -3.13. The summed E-state index contributed by atoms with van der Waals surface area (Å²) in [5.74, 6) is -0.478. The molecule has 2 aromatic carbocycles. The van der Waals surface area contributed by atoms with E-state index in [1.54, 1.807) is 34.1 Å². The molecule has 4 rings (SSSR count). The van der Waals surface area contributed by atoms with Gasteiger partial charge in [0.2, 0.25) is 11.8 Å². The number of anilines is 2. The molecule has 2 heterocycles. The van der Waals surface area contributed by atoms with Gasteiger partial charge in [-0.25, -0.2) is 0 Å². The number of amides is 2. The molecule has 0 aliphatic carbocycles. The van der Waals surface area contributed by atoms with Crippen molar-refractivity contribution in [2.24, 2.45) is 5.92 Å². The van der Waals surface area contributed by atoms with Crippen molar-refractivity contribution in [3.05, 3.63) is 59.7 Å². The fraction of sp³-hybridized carbons (Fsp3) is 0.250. The van der Waals surface area contributed by atoms with E-state index >= 15 is 0 Å². The summed E-state index contributed by atoms with van der Waals surface area (Å²) in [6, 6.07) is 17.0. The van der Waals surface area contributed by atoms with Gasteiger partial charge in [0, 0.05) is 25.2 Å². The van der Waals surface area contributed by atoms with Crippen molar-refractivity contribution in [2.45, 2.75) is 12.8 Å². The molecule has 2 amide bonds. The summed E-state index contributed by atoms with van der Waals surface area (Å²) in [5.41, 5.74) is 3.17. The van der Waals surface area contributed by atoms with Gasteiger partial charge in [0.15, 0.2) is 0 Å². The van der Waals surface area contributed by atoms with Crippen LogP contribution in [-0.2, 0) is 16.0 Å². The van der Waals surface area contributed by atoms with Crippen LogP contribution >= 0.6 is 0 Å². The lowest BCUT2D eigenvalue weighted by atomic mass is 10.1. The smallest absolute Gasteiger partial charge is 0.232 e. The molecular weight excluding hydrogens is 314 g/mol. The van der Waals surface area contributed by atoms with Gasteiger partial charge in [-0.15, -0.1) is 0 Å². The molecule has 5 nitrogen and oxygen atoms in total. The Labute approximate surface area is 146 Å². The van der Waals surface area contributed by atoms with Crippen LogP contribution in [0.1, 0.15) is 17.5 Å². The third-order valence-electron chi connectivity index (χ3n) is 4.94. The average Bonchev–Trinajstić information content (AvgIpc) is 3.25. The van der Waals surface area contributed by atoms with Crippen LogP contribution in [-0.4, -0.2) is 24.9 Å². The summed E-state index contributed by atoms with van der Waals surface area (Å²) in [4.78, 5) is 28.8. The van der Waals surface area contributed by atoms with Gasteiger partial charge >= 0.3 is 0 Å². The minimum Gasteiger partial charge on any atom is -0.312 e. The van der Waals surface area contributed by atoms with E-state index in [-0.39, 0.29) is 24.2 Å². The van der Waals surface area contributed by atoms with Gasteiger partial charge in [0.1, 0.15) is 6.07 Å². The number of carbonyl (C=O) groups excluding carboxylic acids is 2. The molecule has 124 valence electrons. The van der Waals surface area contributed by atoms with Gasteiger partial charge in [-0.1, -0.05) is 30.3 Å². The Morgan fingerprint density at radius 1 is 1.08 bits per heavy atom. The number of benzene rings is 2. The number of hydrogen-bond acceptors (Lipinski definition) is 3. The fourth-order valence-electron chi connectivity index (χ4n) is 3.70. The van der Waals surface area contributed by atoms with Crippen LogP contribution in [0.3, 0.4) is 0 Å². The van der Waals surface area contributed by atoms with Gasteiger partial charge in [-0.2, -0.15) is 5.26 Å². The predicted molar refractivity (Wildman–Crippen MR) is 94.1 cm³/mol. The van der Waals surface area contributed by atoms with Crippen molar-refractivity contribution in [2.75, 3.05) is 22.9 Å². The first-order valence-electron chi connectivity index (χ1n) is 8.38. The first kappa shape index (κ1) is 15.4. The van der Waals surface area contributed by atoms with E-state index in [4.69, 9.17) is 0 Å². The molecule has 1 atom stereocenters. The summed E-state index contributed by atoms with van der Waals surface area (Å²) in [5, 5.41) is 9.26. The summed E-state index contributed by atoms with van der Waals surface area (Å²) in [6.07, 6.45) is 1.04. The lowest BCUT2D eigenvalue weighted by Crippen LogP contribution is -2.36. The van der Waals surface area contributed by atoms with Crippen LogP contribution in [0.5, 0.6) is 0 Å². The molecule has 0 aromatic heterocycles. The molecule has 1 fully saturated rings. The zero-order valence-electron chi connectivity index (χ0n) is 13.7. The molecule has 1 unspecified atom stereocenters. The lowest BCUT2D eigenvalue weighted by Gasteiger charge is -2.22. The predicted octanol–water partition coefficient (Wildman–Crippen LogP) is 2.50. The normalized spacial score (nSPS) is 19.0. The Balaban J connectivity index is 1.57. The van der Waals surface area contributed by atoms with Crippen molar-refractivity contribution in [1.29, 1.82) is 5.26 Å². The summed E-state index contributed by atoms with van der Waals surface area (Å²) >= 11 is 0. The van der Waals surface area contributed by atoms with Gasteiger partial charge in [0.05, 0.1) is 17.2 Å². The summed E-state index contributed by atoms with van der Waals surface area (Å²) < 4.78 is 0. The zero-order valence-corrected chi connectivity index (χ0v) is 13.7. The molecule has 1 saturated heterocycles. The van der Waals surface area contributed by atoms with E-state index in [2.05, 4.69) is 6.07 Å². The van der Waals surface area contributed by atoms with Gasteiger partial charge in [0.25, 0.3) is 0 Å². The number of carbonyl (C=O) groups is 2. The van der Waals surface area contributed by atoms with E-state index in [1.807, 2.05) is 24.3 Å². The average molecular weight is 331 g/mol. The molecule has 2 aliphatic heterocycles. The number of hydrogen-bond donors (Lipinski definition) is 0. The lowest BCUT2D eigenvalue weighted by molar-refractivity contribution is -0.124.